The zero-order valence-electron chi connectivity index (χ0n) is 8.08. The molecule has 3 atom stereocenters. The highest BCUT2D eigenvalue weighted by atomic mass is 16.1. The van der Waals surface area contributed by atoms with Crippen LogP contribution in [0.1, 0.15) is 39.0 Å². The molecule has 0 spiro atoms. The van der Waals surface area contributed by atoms with Crippen LogP contribution in [0.25, 0.3) is 0 Å². The molecule has 0 aromatic carbocycles. The number of ketones is 1. The predicted octanol–water partition coefficient (Wildman–Crippen LogP) is 1.97. The van der Waals surface area contributed by atoms with Crippen LogP contribution >= 0.6 is 0 Å². The third kappa shape index (κ3) is 1.23. The average molecular weight is 180 g/mol. The van der Waals surface area contributed by atoms with E-state index in [2.05, 4.69) is 6.92 Å². The minimum absolute atomic E-state index is 0.333. The van der Waals surface area contributed by atoms with E-state index in [4.69, 9.17) is 0 Å². The van der Waals surface area contributed by atoms with Gasteiger partial charge in [-0.2, -0.15) is 0 Å². The van der Waals surface area contributed by atoms with Crippen LogP contribution in [-0.2, 0) is 9.59 Å². The second-order valence-electron chi connectivity index (χ2n) is 4.60. The van der Waals surface area contributed by atoms with Crippen molar-refractivity contribution in [1.82, 2.24) is 0 Å². The first kappa shape index (κ1) is 8.92. The van der Waals surface area contributed by atoms with Gasteiger partial charge in [-0.05, 0) is 30.6 Å². The molecule has 2 fully saturated rings. The number of fused-ring (bicyclic) bond motifs is 1. The molecule has 2 heteroatoms. The number of carbonyl (C=O) groups excluding carboxylic acids is 2. The summed E-state index contributed by atoms with van der Waals surface area (Å²) in [6, 6.07) is 0. The number of hydrogen-bond donors (Lipinski definition) is 0. The molecule has 2 saturated carbocycles. The summed E-state index contributed by atoms with van der Waals surface area (Å²) in [5.41, 5.74) is 0.333. The van der Waals surface area contributed by atoms with E-state index in [0.29, 0.717) is 29.5 Å². The summed E-state index contributed by atoms with van der Waals surface area (Å²) in [6.07, 6.45) is 5.58. The number of carbonyl (C=O) groups is 2. The number of aldehydes is 1. The van der Waals surface area contributed by atoms with E-state index in [1.165, 1.54) is 0 Å². The van der Waals surface area contributed by atoms with Gasteiger partial charge in [0.15, 0.2) is 0 Å². The van der Waals surface area contributed by atoms with E-state index in [9.17, 15) is 9.59 Å². The third-order valence-corrected chi connectivity index (χ3v) is 4.04. The van der Waals surface area contributed by atoms with Gasteiger partial charge in [-0.3, -0.25) is 4.79 Å². The van der Waals surface area contributed by atoms with Gasteiger partial charge in [0.1, 0.15) is 12.1 Å². The standard InChI is InChI=1S/C11H16O2/c1-8(3-2-6-12)11-5-4-10(13)9(11)7-11/h6,8-9H,2-5,7H2,1H3. The molecule has 2 nitrogen and oxygen atoms in total. The minimum atomic E-state index is 0.333. The predicted molar refractivity (Wildman–Crippen MR) is 49.2 cm³/mol. The summed E-state index contributed by atoms with van der Waals surface area (Å²) in [4.78, 5) is 21.6. The molecule has 0 saturated heterocycles. The smallest absolute Gasteiger partial charge is 0.136 e. The van der Waals surface area contributed by atoms with Crippen molar-refractivity contribution in [2.75, 3.05) is 0 Å². The maximum absolute atomic E-state index is 11.3. The van der Waals surface area contributed by atoms with Crippen molar-refractivity contribution in [3.05, 3.63) is 0 Å². The van der Waals surface area contributed by atoms with Gasteiger partial charge >= 0.3 is 0 Å². The lowest BCUT2D eigenvalue weighted by molar-refractivity contribution is -0.119. The molecule has 0 heterocycles. The van der Waals surface area contributed by atoms with Crippen molar-refractivity contribution in [2.24, 2.45) is 17.3 Å². The van der Waals surface area contributed by atoms with Gasteiger partial charge in [-0.25, -0.2) is 0 Å². The van der Waals surface area contributed by atoms with E-state index in [-0.39, 0.29) is 0 Å². The van der Waals surface area contributed by atoms with Gasteiger partial charge in [0.2, 0.25) is 0 Å². The lowest BCUT2D eigenvalue weighted by atomic mass is 9.85. The molecule has 0 radical (unpaired) electrons. The number of Topliss-reactive ketones (excluding diaryl/α,β-unsaturated/α-hetero) is 1. The average Bonchev–Trinajstić information content (AvgIpc) is 2.80. The lowest BCUT2D eigenvalue weighted by Gasteiger charge is -2.19. The fourth-order valence-corrected chi connectivity index (χ4v) is 2.96. The molecule has 0 amide bonds. The lowest BCUT2D eigenvalue weighted by Crippen LogP contribution is -2.12. The third-order valence-electron chi connectivity index (χ3n) is 4.04. The molecule has 3 unspecified atom stereocenters. The Morgan fingerprint density at radius 1 is 1.69 bits per heavy atom. The van der Waals surface area contributed by atoms with Crippen molar-refractivity contribution >= 4 is 12.1 Å². The molecule has 0 aromatic rings. The molecule has 2 rings (SSSR count). The molecular weight excluding hydrogens is 164 g/mol. The van der Waals surface area contributed by atoms with Crippen LogP contribution in [0.15, 0.2) is 0 Å². The highest BCUT2D eigenvalue weighted by molar-refractivity contribution is 5.87. The first-order valence-electron chi connectivity index (χ1n) is 5.17. The molecule has 2 aliphatic rings. The van der Waals surface area contributed by atoms with Crippen molar-refractivity contribution in [3.8, 4) is 0 Å². The van der Waals surface area contributed by atoms with Crippen LogP contribution < -0.4 is 0 Å². The highest BCUT2D eigenvalue weighted by Crippen LogP contribution is 2.66. The zero-order valence-corrected chi connectivity index (χ0v) is 8.08. The first-order valence-corrected chi connectivity index (χ1v) is 5.17. The fraction of sp³-hybridized carbons (Fsp3) is 0.818. The molecule has 0 aromatic heterocycles. The molecule has 0 N–H and O–H groups in total. The Balaban J connectivity index is 1.95. The van der Waals surface area contributed by atoms with Crippen LogP contribution in [0.4, 0.5) is 0 Å². The van der Waals surface area contributed by atoms with Gasteiger partial charge in [0.25, 0.3) is 0 Å². The minimum Gasteiger partial charge on any atom is -0.303 e. The van der Waals surface area contributed by atoms with Crippen LogP contribution in [0.3, 0.4) is 0 Å². The van der Waals surface area contributed by atoms with E-state index in [0.717, 1.165) is 32.0 Å². The fourth-order valence-electron chi connectivity index (χ4n) is 2.96. The second-order valence-corrected chi connectivity index (χ2v) is 4.60. The number of rotatable bonds is 4. The Morgan fingerprint density at radius 3 is 2.92 bits per heavy atom. The topological polar surface area (TPSA) is 34.1 Å². The Morgan fingerprint density at radius 2 is 2.46 bits per heavy atom. The summed E-state index contributed by atoms with van der Waals surface area (Å²) < 4.78 is 0. The zero-order chi connectivity index (χ0) is 9.47. The van der Waals surface area contributed by atoms with Crippen LogP contribution in [0.2, 0.25) is 0 Å². The monoisotopic (exact) mass is 180 g/mol. The first-order chi connectivity index (χ1) is 6.20. The van der Waals surface area contributed by atoms with Crippen LogP contribution in [-0.4, -0.2) is 12.1 Å². The Labute approximate surface area is 78.7 Å². The van der Waals surface area contributed by atoms with E-state index in [1.807, 2.05) is 0 Å². The van der Waals surface area contributed by atoms with Gasteiger partial charge in [-0.1, -0.05) is 6.92 Å². The molecular formula is C11H16O2. The van der Waals surface area contributed by atoms with Crippen molar-refractivity contribution < 1.29 is 9.59 Å². The summed E-state index contributed by atoms with van der Waals surface area (Å²) in [5.74, 6) is 1.40. The van der Waals surface area contributed by atoms with Crippen LogP contribution in [0.5, 0.6) is 0 Å². The maximum Gasteiger partial charge on any atom is 0.136 e. The van der Waals surface area contributed by atoms with Crippen LogP contribution in [0, 0.1) is 17.3 Å². The summed E-state index contributed by atoms with van der Waals surface area (Å²) in [6.45, 7) is 2.20. The van der Waals surface area contributed by atoms with Crippen molar-refractivity contribution in [3.63, 3.8) is 0 Å². The Hall–Kier alpha value is -0.660. The van der Waals surface area contributed by atoms with Gasteiger partial charge < -0.3 is 4.79 Å². The quantitative estimate of drug-likeness (QED) is 0.620. The highest BCUT2D eigenvalue weighted by Gasteiger charge is 2.63. The van der Waals surface area contributed by atoms with Crippen molar-refractivity contribution in [2.45, 2.75) is 39.0 Å². The normalized spacial score (nSPS) is 38.5. The van der Waals surface area contributed by atoms with E-state index < -0.39 is 0 Å². The summed E-state index contributed by atoms with van der Waals surface area (Å²) in [7, 11) is 0. The molecule has 13 heavy (non-hydrogen) atoms. The Kier molecular flexibility index (Phi) is 2.01. The molecule has 0 aliphatic heterocycles. The van der Waals surface area contributed by atoms with Gasteiger partial charge in [-0.15, -0.1) is 0 Å². The van der Waals surface area contributed by atoms with Gasteiger partial charge in [0, 0.05) is 18.8 Å². The van der Waals surface area contributed by atoms with Gasteiger partial charge in [0.05, 0.1) is 0 Å². The largest absolute Gasteiger partial charge is 0.303 e. The molecule has 2 aliphatic carbocycles. The number of hydrogen-bond acceptors (Lipinski definition) is 2. The SMILES string of the molecule is CC(CCC=O)C12CCC(=O)C1C2. The molecule has 0 bridgehead atoms. The molecule has 72 valence electrons. The maximum atomic E-state index is 11.3. The summed E-state index contributed by atoms with van der Waals surface area (Å²) >= 11 is 0. The Bertz CT molecular complexity index is 246. The summed E-state index contributed by atoms with van der Waals surface area (Å²) in [5, 5.41) is 0. The van der Waals surface area contributed by atoms with E-state index in [1.54, 1.807) is 0 Å². The second kappa shape index (κ2) is 2.93. The van der Waals surface area contributed by atoms with E-state index >= 15 is 0 Å². The van der Waals surface area contributed by atoms with Crippen molar-refractivity contribution in [1.29, 1.82) is 0 Å².